The van der Waals surface area contributed by atoms with Gasteiger partial charge in [-0.25, -0.2) is 12.2 Å². The van der Waals surface area contributed by atoms with Crippen molar-refractivity contribution in [2.75, 3.05) is 0 Å². The molecule has 30 heavy (non-hydrogen) atoms. The SMILES string of the molecule is [C-]1=CC=CC1.[Cl-].[Cl-].[Hf+4].c1ccc(P(c2ccccc2)c2cc3ccccc3[cH-]2)cc1. The normalized spacial score (nSPS) is 11.1. The van der Waals surface area contributed by atoms with Crippen molar-refractivity contribution in [3.05, 3.63) is 121 Å². The van der Waals surface area contributed by atoms with Gasteiger partial charge in [0.1, 0.15) is 0 Å². The van der Waals surface area contributed by atoms with Gasteiger partial charge < -0.3 is 24.8 Å². The van der Waals surface area contributed by atoms with E-state index in [1.807, 2.05) is 12.2 Å². The van der Waals surface area contributed by atoms with Crippen LogP contribution in [0.2, 0.25) is 0 Å². The summed E-state index contributed by atoms with van der Waals surface area (Å²) in [6, 6.07) is 35.0. The van der Waals surface area contributed by atoms with Crippen molar-refractivity contribution in [2.45, 2.75) is 6.42 Å². The number of benzene rings is 3. The van der Waals surface area contributed by atoms with Crippen LogP contribution in [-0.2, 0) is 25.8 Å². The van der Waals surface area contributed by atoms with E-state index >= 15 is 0 Å². The molecule has 0 fully saturated rings. The van der Waals surface area contributed by atoms with Crippen molar-refractivity contribution in [1.29, 1.82) is 0 Å². The van der Waals surface area contributed by atoms with E-state index in [0.29, 0.717) is 0 Å². The molecule has 0 unspecified atom stereocenters. The van der Waals surface area contributed by atoms with Gasteiger partial charge in [-0.2, -0.15) is 12.1 Å². The minimum absolute atomic E-state index is 0. The first-order valence-corrected chi connectivity index (χ1v) is 10.5. The smallest absolute Gasteiger partial charge is 1.00 e. The molecule has 0 nitrogen and oxygen atoms in total. The first kappa shape index (κ1) is 26.7. The Morgan fingerprint density at radius 2 is 1.30 bits per heavy atom. The zero-order valence-corrected chi connectivity index (χ0v) is 22.4. The molecule has 0 aromatic heterocycles. The molecule has 0 saturated carbocycles. The van der Waals surface area contributed by atoms with E-state index in [9.17, 15) is 0 Å². The maximum Gasteiger partial charge on any atom is 4.00 e. The molecular weight excluding hydrogens is 593 g/mol. The molecule has 4 aromatic rings. The molecule has 4 aromatic carbocycles. The largest absolute Gasteiger partial charge is 4.00 e. The molecule has 0 amide bonds. The molecule has 4 heteroatoms. The molecule has 0 N–H and O–H groups in total. The third-order valence-electron chi connectivity index (χ3n) is 4.48. The van der Waals surface area contributed by atoms with Crippen LogP contribution in [0.1, 0.15) is 6.42 Å². The van der Waals surface area contributed by atoms with E-state index in [1.54, 1.807) is 0 Å². The summed E-state index contributed by atoms with van der Waals surface area (Å²) in [4.78, 5) is 0. The molecule has 0 aliphatic heterocycles. The zero-order chi connectivity index (χ0) is 18.3. The van der Waals surface area contributed by atoms with Gasteiger partial charge in [-0.15, -0.1) is 46.8 Å². The Morgan fingerprint density at radius 1 is 0.733 bits per heavy atom. The molecule has 5 rings (SSSR count). The van der Waals surface area contributed by atoms with Crippen LogP contribution in [0.25, 0.3) is 10.8 Å². The quantitative estimate of drug-likeness (QED) is 0.168. The van der Waals surface area contributed by atoms with Crippen LogP contribution in [0.3, 0.4) is 0 Å². The van der Waals surface area contributed by atoms with Gasteiger partial charge in [-0.05, 0) is 18.5 Å². The Labute approximate surface area is 211 Å². The average molecular weight is 614 g/mol. The minimum Gasteiger partial charge on any atom is -1.00 e. The van der Waals surface area contributed by atoms with Crippen LogP contribution in [0.4, 0.5) is 0 Å². The van der Waals surface area contributed by atoms with E-state index in [4.69, 9.17) is 0 Å². The Hall–Kier alpha value is -1.37. The van der Waals surface area contributed by atoms with Crippen molar-refractivity contribution >= 4 is 34.6 Å². The predicted molar refractivity (Wildman–Crippen MR) is 120 cm³/mol. The summed E-state index contributed by atoms with van der Waals surface area (Å²) in [6.45, 7) is 0. The molecule has 1 aliphatic carbocycles. The van der Waals surface area contributed by atoms with E-state index in [-0.39, 0.29) is 50.7 Å². The van der Waals surface area contributed by atoms with Crippen LogP contribution >= 0.6 is 7.92 Å². The van der Waals surface area contributed by atoms with Gasteiger partial charge in [-0.3, -0.25) is 6.08 Å². The van der Waals surface area contributed by atoms with E-state index in [1.165, 1.54) is 26.7 Å². The van der Waals surface area contributed by atoms with Crippen molar-refractivity contribution in [1.82, 2.24) is 0 Å². The summed E-state index contributed by atoms with van der Waals surface area (Å²) < 4.78 is 0. The van der Waals surface area contributed by atoms with Crippen molar-refractivity contribution in [2.24, 2.45) is 0 Å². The Balaban J connectivity index is 0.000000499. The van der Waals surface area contributed by atoms with Crippen molar-refractivity contribution < 1.29 is 50.7 Å². The molecule has 0 saturated heterocycles. The second kappa shape index (κ2) is 13.8. The van der Waals surface area contributed by atoms with Gasteiger partial charge in [0.15, 0.2) is 0 Å². The van der Waals surface area contributed by atoms with Gasteiger partial charge in [0.25, 0.3) is 0 Å². The van der Waals surface area contributed by atoms with Crippen LogP contribution in [0.15, 0.2) is 115 Å². The van der Waals surface area contributed by atoms with Crippen LogP contribution < -0.4 is 40.7 Å². The fraction of sp³-hybridized carbons (Fsp3) is 0.0385. The number of halogens is 2. The van der Waals surface area contributed by atoms with Crippen LogP contribution in [0, 0.1) is 6.08 Å². The van der Waals surface area contributed by atoms with Gasteiger partial charge in [0.05, 0.1) is 0 Å². The van der Waals surface area contributed by atoms with Gasteiger partial charge in [-0.1, -0.05) is 66.7 Å². The predicted octanol–water partition coefficient (Wildman–Crippen LogP) is -0.372. The molecule has 1 aliphatic rings. The summed E-state index contributed by atoms with van der Waals surface area (Å²) in [5.74, 6) is 0. The maximum atomic E-state index is 2.99. The summed E-state index contributed by atoms with van der Waals surface area (Å²) in [5, 5.41) is 6.89. The minimum atomic E-state index is -0.493. The molecule has 0 atom stereocenters. The van der Waals surface area contributed by atoms with Gasteiger partial charge in [0, 0.05) is 0 Å². The zero-order valence-electron chi connectivity index (χ0n) is 16.4. The van der Waals surface area contributed by atoms with Crippen molar-refractivity contribution in [3.8, 4) is 0 Å². The maximum absolute atomic E-state index is 2.99. The van der Waals surface area contributed by atoms with Crippen LogP contribution in [-0.4, -0.2) is 0 Å². The number of allylic oxidation sites excluding steroid dienone is 4. The Bertz CT molecular complexity index is 974. The number of fused-ring (bicyclic) bond motifs is 1. The first-order chi connectivity index (χ1) is 13.4. The van der Waals surface area contributed by atoms with E-state index < -0.39 is 7.92 Å². The summed E-state index contributed by atoms with van der Waals surface area (Å²) >= 11 is 0. The first-order valence-electron chi connectivity index (χ1n) is 9.19. The summed E-state index contributed by atoms with van der Waals surface area (Å²) in [7, 11) is -0.493. The average Bonchev–Trinajstić information content (AvgIpc) is 3.43. The summed E-state index contributed by atoms with van der Waals surface area (Å²) in [5.41, 5.74) is 0. The molecule has 0 bridgehead atoms. The second-order valence-corrected chi connectivity index (χ2v) is 8.57. The van der Waals surface area contributed by atoms with E-state index in [0.717, 1.165) is 6.42 Å². The van der Waals surface area contributed by atoms with Gasteiger partial charge >= 0.3 is 25.8 Å². The second-order valence-electron chi connectivity index (χ2n) is 6.35. The molecule has 0 heterocycles. The fourth-order valence-electron chi connectivity index (χ4n) is 3.20. The topological polar surface area (TPSA) is 0 Å². The summed E-state index contributed by atoms with van der Waals surface area (Å²) in [6.07, 6.45) is 10.0. The standard InChI is InChI=1S/C21H16P.C5H5.2ClH.Hf/c1-3-11-19(12-4-1)22(20-13-5-2-6-14-20)21-15-17-9-7-8-10-18(17)16-21;1-2-4-5-3-1;;;/h1-16H;1-3H,4H2;2*1H;/q2*-1;;;+4/p-2. The molecular formula is C26H21Cl2HfP. The Kier molecular flexibility index (Phi) is 12.3. The monoisotopic (exact) mass is 614 g/mol. The van der Waals surface area contributed by atoms with Crippen molar-refractivity contribution in [3.63, 3.8) is 0 Å². The molecule has 0 spiro atoms. The fourth-order valence-corrected chi connectivity index (χ4v) is 5.58. The molecule has 148 valence electrons. The van der Waals surface area contributed by atoms with Crippen LogP contribution in [0.5, 0.6) is 0 Å². The van der Waals surface area contributed by atoms with Gasteiger partial charge in [0.2, 0.25) is 0 Å². The third kappa shape index (κ3) is 6.82. The number of hydrogen-bond acceptors (Lipinski definition) is 0. The third-order valence-corrected chi connectivity index (χ3v) is 6.88. The molecule has 0 radical (unpaired) electrons. The number of hydrogen-bond donors (Lipinski definition) is 0. The van der Waals surface area contributed by atoms with E-state index in [2.05, 4.69) is 109 Å². The Morgan fingerprint density at radius 3 is 1.77 bits per heavy atom. The number of rotatable bonds is 3.